The van der Waals surface area contributed by atoms with Crippen LogP contribution in [0.4, 0.5) is 0 Å². The van der Waals surface area contributed by atoms with Gasteiger partial charge in [-0.2, -0.15) is 0 Å². The lowest BCUT2D eigenvalue weighted by Gasteiger charge is -2.14. The molecule has 1 saturated heterocycles. The lowest BCUT2D eigenvalue weighted by atomic mass is 9.89. The minimum Gasteiger partial charge on any atom is -0.381 e. The summed E-state index contributed by atoms with van der Waals surface area (Å²) in [4.78, 5) is 11.2. The van der Waals surface area contributed by atoms with Crippen molar-refractivity contribution < 1.29 is 9.53 Å². The highest BCUT2D eigenvalue weighted by Crippen LogP contribution is 2.22. The largest absolute Gasteiger partial charge is 0.381 e. The zero-order valence-electron chi connectivity index (χ0n) is 7.30. The van der Waals surface area contributed by atoms with Gasteiger partial charge in [-0.1, -0.05) is 13.8 Å². The van der Waals surface area contributed by atoms with Gasteiger partial charge in [-0.15, -0.1) is 0 Å². The van der Waals surface area contributed by atoms with Gasteiger partial charge in [0.2, 0.25) is 0 Å². The summed E-state index contributed by atoms with van der Waals surface area (Å²) in [6.07, 6.45) is 1.73. The molecule has 0 aromatic rings. The van der Waals surface area contributed by atoms with Crippen molar-refractivity contribution in [1.82, 2.24) is 0 Å². The Bertz CT molecular complexity index is 136. The second kappa shape index (κ2) is 3.86. The molecule has 0 aromatic heterocycles. The van der Waals surface area contributed by atoms with Crippen molar-refractivity contribution in [2.24, 2.45) is 11.8 Å². The predicted molar refractivity (Wildman–Crippen MR) is 43.4 cm³/mol. The fraction of sp³-hybridized carbons (Fsp3) is 0.889. The Balaban J connectivity index is 2.39. The van der Waals surface area contributed by atoms with Gasteiger partial charge in [0.05, 0.1) is 6.61 Å². The average molecular weight is 156 g/mol. The van der Waals surface area contributed by atoms with E-state index in [0.717, 1.165) is 19.6 Å². The van der Waals surface area contributed by atoms with E-state index in [1.807, 2.05) is 13.8 Å². The third kappa shape index (κ3) is 2.03. The zero-order valence-corrected chi connectivity index (χ0v) is 7.30. The van der Waals surface area contributed by atoms with Gasteiger partial charge in [-0.3, -0.25) is 4.79 Å². The van der Waals surface area contributed by atoms with Crippen LogP contribution >= 0.6 is 0 Å². The zero-order chi connectivity index (χ0) is 8.27. The number of rotatable bonds is 3. The fourth-order valence-electron chi connectivity index (χ4n) is 1.53. The standard InChI is InChI=1S/C9H16O2/c1-3-9(10)7(2)8-4-5-11-6-8/h7-8H,3-6H2,1-2H3. The van der Waals surface area contributed by atoms with Crippen LogP contribution in [0.3, 0.4) is 0 Å². The van der Waals surface area contributed by atoms with E-state index in [4.69, 9.17) is 4.74 Å². The van der Waals surface area contributed by atoms with E-state index >= 15 is 0 Å². The molecule has 2 nitrogen and oxygen atoms in total. The summed E-state index contributed by atoms with van der Waals surface area (Å²) in [5.74, 6) is 1.07. The van der Waals surface area contributed by atoms with E-state index in [9.17, 15) is 4.79 Å². The first kappa shape index (κ1) is 8.72. The number of ketones is 1. The molecule has 1 heterocycles. The Morgan fingerprint density at radius 2 is 2.45 bits per heavy atom. The van der Waals surface area contributed by atoms with E-state index in [2.05, 4.69) is 0 Å². The topological polar surface area (TPSA) is 26.3 Å². The summed E-state index contributed by atoms with van der Waals surface area (Å²) in [6, 6.07) is 0. The van der Waals surface area contributed by atoms with Crippen LogP contribution in [0.15, 0.2) is 0 Å². The molecule has 0 N–H and O–H groups in total. The van der Waals surface area contributed by atoms with Gasteiger partial charge in [0.25, 0.3) is 0 Å². The molecular formula is C9H16O2. The van der Waals surface area contributed by atoms with E-state index in [1.165, 1.54) is 0 Å². The maximum Gasteiger partial charge on any atom is 0.135 e. The Hall–Kier alpha value is -0.370. The van der Waals surface area contributed by atoms with Crippen molar-refractivity contribution in [3.8, 4) is 0 Å². The van der Waals surface area contributed by atoms with Gasteiger partial charge in [-0.05, 0) is 12.3 Å². The molecule has 1 aliphatic rings. The van der Waals surface area contributed by atoms with Crippen molar-refractivity contribution in [2.75, 3.05) is 13.2 Å². The Morgan fingerprint density at radius 3 is 2.91 bits per heavy atom. The van der Waals surface area contributed by atoms with Crippen LogP contribution in [-0.2, 0) is 9.53 Å². The molecule has 2 unspecified atom stereocenters. The van der Waals surface area contributed by atoms with Crippen LogP contribution in [0.2, 0.25) is 0 Å². The SMILES string of the molecule is CCC(=O)C(C)C1CCOC1. The maximum atomic E-state index is 11.2. The highest BCUT2D eigenvalue weighted by Gasteiger charge is 2.25. The number of hydrogen-bond donors (Lipinski definition) is 0. The van der Waals surface area contributed by atoms with Gasteiger partial charge < -0.3 is 4.74 Å². The molecule has 0 aromatic carbocycles. The van der Waals surface area contributed by atoms with Crippen LogP contribution in [-0.4, -0.2) is 19.0 Å². The molecule has 2 heteroatoms. The summed E-state index contributed by atoms with van der Waals surface area (Å²) in [5, 5.41) is 0. The molecule has 1 fully saturated rings. The molecule has 0 amide bonds. The Kier molecular flexibility index (Phi) is 3.06. The monoisotopic (exact) mass is 156 g/mol. The van der Waals surface area contributed by atoms with Crippen LogP contribution in [0, 0.1) is 11.8 Å². The number of Topliss-reactive ketones (excluding diaryl/α,β-unsaturated/α-hetero) is 1. The first-order valence-electron chi connectivity index (χ1n) is 4.36. The number of hydrogen-bond acceptors (Lipinski definition) is 2. The summed E-state index contributed by atoms with van der Waals surface area (Å²) >= 11 is 0. The second-order valence-corrected chi connectivity index (χ2v) is 3.23. The van der Waals surface area contributed by atoms with Crippen molar-refractivity contribution in [1.29, 1.82) is 0 Å². The summed E-state index contributed by atoms with van der Waals surface area (Å²) in [7, 11) is 0. The molecule has 0 radical (unpaired) electrons. The van der Waals surface area contributed by atoms with Crippen LogP contribution in [0.25, 0.3) is 0 Å². The van der Waals surface area contributed by atoms with E-state index in [1.54, 1.807) is 0 Å². The van der Waals surface area contributed by atoms with E-state index in [-0.39, 0.29) is 5.92 Å². The van der Waals surface area contributed by atoms with Gasteiger partial charge in [-0.25, -0.2) is 0 Å². The normalized spacial score (nSPS) is 26.9. The minimum absolute atomic E-state index is 0.211. The quantitative estimate of drug-likeness (QED) is 0.621. The van der Waals surface area contributed by atoms with Crippen LogP contribution in [0.5, 0.6) is 0 Å². The first-order chi connectivity index (χ1) is 5.25. The van der Waals surface area contributed by atoms with Gasteiger partial charge in [0.1, 0.15) is 5.78 Å². The van der Waals surface area contributed by atoms with Gasteiger partial charge in [0.15, 0.2) is 0 Å². The summed E-state index contributed by atoms with van der Waals surface area (Å²) in [6.45, 7) is 5.57. The maximum absolute atomic E-state index is 11.2. The smallest absolute Gasteiger partial charge is 0.135 e. The van der Waals surface area contributed by atoms with Gasteiger partial charge in [0, 0.05) is 18.9 Å². The molecule has 0 bridgehead atoms. The second-order valence-electron chi connectivity index (χ2n) is 3.23. The Labute approximate surface area is 67.9 Å². The number of ether oxygens (including phenoxy) is 1. The van der Waals surface area contributed by atoms with Crippen molar-refractivity contribution in [3.63, 3.8) is 0 Å². The number of carbonyl (C=O) groups excluding carboxylic acids is 1. The molecular weight excluding hydrogens is 140 g/mol. The number of carbonyl (C=O) groups is 1. The summed E-state index contributed by atoms with van der Waals surface area (Å²) < 4.78 is 5.22. The predicted octanol–water partition coefficient (Wildman–Crippen LogP) is 1.64. The van der Waals surface area contributed by atoms with Gasteiger partial charge >= 0.3 is 0 Å². The molecule has 64 valence electrons. The highest BCUT2D eigenvalue weighted by molar-refractivity contribution is 5.80. The molecule has 0 aliphatic carbocycles. The molecule has 1 rings (SSSR count). The molecule has 2 atom stereocenters. The Morgan fingerprint density at radius 1 is 1.73 bits per heavy atom. The highest BCUT2D eigenvalue weighted by atomic mass is 16.5. The molecule has 1 aliphatic heterocycles. The third-order valence-corrected chi connectivity index (χ3v) is 2.53. The van der Waals surface area contributed by atoms with Crippen molar-refractivity contribution in [2.45, 2.75) is 26.7 Å². The van der Waals surface area contributed by atoms with Crippen LogP contribution < -0.4 is 0 Å². The fourth-order valence-corrected chi connectivity index (χ4v) is 1.53. The molecule has 0 spiro atoms. The van der Waals surface area contributed by atoms with Crippen molar-refractivity contribution in [3.05, 3.63) is 0 Å². The molecule has 11 heavy (non-hydrogen) atoms. The van der Waals surface area contributed by atoms with Crippen LogP contribution in [0.1, 0.15) is 26.7 Å². The van der Waals surface area contributed by atoms with Crippen molar-refractivity contribution >= 4 is 5.78 Å². The lowest BCUT2D eigenvalue weighted by molar-refractivity contribution is -0.123. The summed E-state index contributed by atoms with van der Waals surface area (Å²) in [5.41, 5.74) is 0. The average Bonchev–Trinajstić information content (AvgIpc) is 2.53. The minimum atomic E-state index is 0.211. The first-order valence-corrected chi connectivity index (χ1v) is 4.36. The van der Waals surface area contributed by atoms with E-state index in [0.29, 0.717) is 18.1 Å². The lowest BCUT2D eigenvalue weighted by Crippen LogP contribution is -2.20. The van der Waals surface area contributed by atoms with E-state index < -0.39 is 0 Å². The molecule has 0 saturated carbocycles. The third-order valence-electron chi connectivity index (χ3n) is 2.53.